The second-order valence-corrected chi connectivity index (χ2v) is 8.56. The zero-order valence-corrected chi connectivity index (χ0v) is 20.0. The van der Waals surface area contributed by atoms with Gasteiger partial charge in [0.05, 0.1) is 25.0 Å². The van der Waals surface area contributed by atoms with Crippen LogP contribution in [0.25, 0.3) is 10.8 Å². The van der Waals surface area contributed by atoms with Crippen molar-refractivity contribution in [1.29, 1.82) is 0 Å². The van der Waals surface area contributed by atoms with Crippen LogP contribution in [0.2, 0.25) is 0 Å². The molecular formula is C26H25N5O3S. The summed E-state index contributed by atoms with van der Waals surface area (Å²) in [4.78, 5) is 25.2. The molecular weight excluding hydrogens is 462 g/mol. The lowest BCUT2D eigenvalue weighted by atomic mass is 10.1. The smallest absolute Gasteiger partial charge is 0.234 e. The zero-order valence-electron chi connectivity index (χ0n) is 19.2. The molecule has 4 rings (SSSR count). The Kier molecular flexibility index (Phi) is 7.79. The molecule has 0 saturated heterocycles. The number of benzene rings is 3. The molecule has 0 unspecified atom stereocenters. The number of nitrogens with zero attached hydrogens (tertiary/aromatic N) is 3. The highest BCUT2D eigenvalue weighted by molar-refractivity contribution is 7.99. The summed E-state index contributed by atoms with van der Waals surface area (Å²) in [5, 5.41) is 16.8. The highest BCUT2D eigenvalue weighted by atomic mass is 32.2. The van der Waals surface area contributed by atoms with Gasteiger partial charge in [0.2, 0.25) is 11.8 Å². The molecule has 3 aromatic carbocycles. The monoisotopic (exact) mass is 487 g/mol. The molecule has 9 heteroatoms. The Morgan fingerprint density at radius 1 is 1.00 bits per heavy atom. The van der Waals surface area contributed by atoms with E-state index >= 15 is 0 Å². The van der Waals surface area contributed by atoms with Gasteiger partial charge in [0, 0.05) is 12.2 Å². The van der Waals surface area contributed by atoms with E-state index in [4.69, 9.17) is 4.74 Å². The fourth-order valence-electron chi connectivity index (χ4n) is 3.55. The number of hydrogen-bond acceptors (Lipinski definition) is 6. The molecule has 1 heterocycles. The number of amides is 2. The predicted molar refractivity (Wildman–Crippen MR) is 139 cm³/mol. The molecule has 0 atom stereocenters. The van der Waals surface area contributed by atoms with Gasteiger partial charge in [-0.15, -0.1) is 16.8 Å². The Labute approximate surface area is 207 Å². The molecule has 35 heavy (non-hydrogen) atoms. The topological polar surface area (TPSA) is 98.1 Å². The Balaban J connectivity index is 1.38. The van der Waals surface area contributed by atoms with E-state index in [1.807, 2.05) is 54.6 Å². The molecule has 8 nitrogen and oxygen atoms in total. The molecule has 0 bridgehead atoms. The first-order chi connectivity index (χ1) is 17.1. The van der Waals surface area contributed by atoms with Crippen LogP contribution in [0.4, 0.5) is 11.4 Å². The largest absolute Gasteiger partial charge is 0.495 e. The average Bonchev–Trinajstić information content (AvgIpc) is 3.24. The third-order valence-corrected chi connectivity index (χ3v) is 6.14. The van der Waals surface area contributed by atoms with Crippen molar-refractivity contribution in [2.24, 2.45) is 0 Å². The molecule has 0 radical (unpaired) electrons. The fourth-order valence-corrected chi connectivity index (χ4v) is 4.32. The van der Waals surface area contributed by atoms with E-state index in [9.17, 15) is 9.59 Å². The highest BCUT2D eigenvalue weighted by Gasteiger charge is 2.17. The Bertz CT molecular complexity index is 1370. The third kappa shape index (κ3) is 6.07. The summed E-state index contributed by atoms with van der Waals surface area (Å²) in [6.45, 7) is 4.20. The number of allylic oxidation sites excluding steroid dienone is 1. The lowest BCUT2D eigenvalue weighted by Gasteiger charge is -2.11. The van der Waals surface area contributed by atoms with Gasteiger partial charge >= 0.3 is 0 Å². The summed E-state index contributed by atoms with van der Waals surface area (Å²) in [5.41, 5.74) is 1.31. The maximum absolute atomic E-state index is 12.6. The van der Waals surface area contributed by atoms with Gasteiger partial charge in [-0.05, 0) is 35.0 Å². The lowest BCUT2D eigenvalue weighted by molar-refractivity contribution is -0.116. The number of nitrogens with one attached hydrogen (secondary N) is 2. The van der Waals surface area contributed by atoms with Crippen LogP contribution >= 0.6 is 11.8 Å². The Morgan fingerprint density at radius 3 is 2.57 bits per heavy atom. The van der Waals surface area contributed by atoms with Gasteiger partial charge < -0.3 is 19.9 Å². The van der Waals surface area contributed by atoms with Crippen molar-refractivity contribution in [3.63, 3.8) is 0 Å². The Morgan fingerprint density at radius 2 is 1.77 bits per heavy atom. The van der Waals surface area contributed by atoms with Crippen LogP contribution in [0.15, 0.2) is 84.5 Å². The summed E-state index contributed by atoms with van der Waals surface area (Å²) in [5.74, 6) is 0.790. The average molecular weight is 488 g/mol. The van der Waals surface area contributed by atoms with Crippen LogP contribution in [0, 0.1) is 0 Å². The zero-order chi connectivity index (χ0) is 24.6. The first-order valence-electron chi connectivity index (χ1n) is 10.9. The van der Waals surface area contributed by atoms with Crippen molar-refractivity contribution >= 4 is 45.7 Å². The van der Waals surface area contributed by atoms with E-state index < -0.39 is 0 Å². The van der Waals surface area contributed by atoms with Crippen molar-refractivity contribution in [1.82, 2.24) is 14.8 Å². The number of hydrogen-bond donors (Lipinski definition) is 2. The fraction of sp³-hybridized carbons (Fsp3) is 0.154. The SMILES string of the molecule is C=CCn1c(CC(=O)Nc2ccccc2OC)nnc1SCC(=O)Nc1ccc2ccccc2c1. The molecule has 2 N–H and O–H groups in total. The number of para-hydroxylation sites is 2. The molecule has 0 aliphatic heterocycles. The predicted octanol–water partition coefficient (Wildman–Crippen LogP) is 4.54. The third-order valence-electron chi connectivity index (χ3n) is 5.17. The molecule has 2 amide bonds. The maximum atomic E-state index is 12.6. The number of thioether (sulfide) groups is 1. The molecule has 0 spiro atoms. The van der Waals surface area contributed by atoms with E-state index in [1.54, 1.807) is 29.9 Å². The maximum Gasteiger partial charge on any atom is 0.234 e. The molecule has 1 aromatic heterocycles. The van der Waals surface area contributed by atoms with E-state index in [-0.39, 0.29) is 24.0 Å². The van der Waals surface area contributed by atoms with Gasteiger partial charge in [-0.25, -0.2) is 0 Å². The summed E-state index contributed by atoms with van der Waals surface area (Å²) in [6, 6.07) is 20.9. The molecule has 4 aromatic rings. The van der Waals surface area contributed by atoms with Crippen molar-refractivity contribution in [3.8, 4) is 5.75 Å². The number of carbonyl (C=O) groups excluding carboxylic acids is 2. The number of rotatable bonds is 10. The number of ether oxygens (including phenoxy) is 1. The van der Waals surface area contributed by atoms with E-state index in [1.165, 1.54) is 11.8 Å². The van der Waals surface area contributed by atoms with Gasteiger partial charge in [-0.3, -0.25) is 9.59 Å². The van der Waals surface area contributed by atoms with Crippen LogP contribution in [-0.2, 0) is 22.6 Å². The van der Waals surface area contributed by atoms with Gasteiger partial charge in [0.1, 0.15) is 11.6 Å². The molecule has 0 fully saturated rings. The second-order valence-electron chi connectivity index (χ2n) is 7.62. The molecule has 0 aliphatic rings. The Hall–Kier alpha value is -4.11. The number of aromatic nitrogens is 3. The second kappa shape index (κ2) is 11.3. The van der Waals surface area contributed by atoms with Crippen LogP contribution in [0.5, 0.6) is 5.75 Å². The van der Waals surface area contributed by atoms with Gasteiger partial charge in [0.15, 0.2) is 5.16 Å². The minimum atomic E-state index is -0.252. The number of anilines is 2. The van der Waals surface area contributed by atoms with Crippen LogP contribution in [0.1, 0.15) is 5.82 Å². The van der Waals surface area contributed by atoms with Gasteiger partial charge in [-0.2, -0.15) is 0 Å². The van der Waals surface area contributed by atoms with Gasteiger partial charge in [0.25, 0.3) is 0 Å². The number of fused-ring (bicyclic) bond motifs is 1. The summed E-state index contributed by atoms with van der Waals surface area (Å²) in [7, 11) is 1.55. The number of carbonyl (C=O) groups is 2. The van der Waals surface area contributed by atoms with Crippen LogP contribution in [0.3, 0.4) is 0 Å². The van der Waals surface area contributed by atoms with Gasteiger partial charge in [-0.1, -0.05) is 60.3 Å². The van der Waals surface area contributed by atoms with Crippen LogP contribution in [-0.4, -0.2) is 39.4 Å². The molecule has 0 aliphatic carbocycles. The summed E-state index contributed by atoms with van der Waals surface area (Å²) >= 11 is 1.25. The first-order valence-corrected chi connectivity index (χ1v) is 11.9. The molecule has 0 saturated carbocycles. The minimum absolute atomic E-state index is 0.0166. The highest BCUT2D eigenvalue weighted by Crippen LogP contribution is 2.24. The van der Waals surface area contributed by atoms with E-state index in [0.29, 0.717) is 29.0 Å². The van der Waals surface area contributed by atoms with E-state index in [2.05, 4.69) is 27.4 Å². The minimum Gasteiger partial charge on any atom is -0.495 e. The lowest BCUT2D eigenvalue weighted by Crippen LogP contribution is -2.18. The quantitative estimate of drug-likeness (QED) is 0.252. The standard InChI is InChI=1S/C26H25N5O3S/c1-3-14-31-23(16-24(32)28-21-10-6-7-11-22(21)34-2)29-30-26(31)35-17-25(33)27-20-13-12-18-8-4-5-9-19(18)15-20/h3-13,15H,1,14,16-17H2,2H3,(H,27,33)(H,28,32). The number of methoxy groups -OCH3 is 1. The van der Waals surface area contributed by atoms with E-state index in [0.717, 1.165) is 16.5 Å². The van der Waals surface area contributed by atoms with Crippen molar-refractivity contribution in [2.45, 2.75) is 18.1 Å². The first kappa shape index (κ1) is 24.0. The summed E-state index contributed by atoms with van der Waals surface area (Å²) < 4.78 is 7.06. The molecule has 178 valence electrons. The van der Waals surface area contributed by atoms with Crippen molar-refractivity contribution in [3.05, 3.63) is 85.2 Å². The van der Waals surface area contributed by atoms with Crippen molar-refractivity contribution in [2.75, 3.05) is 23.5 Å². The normalized spacial score (nSPS) is 10.7. The summed E-state index contributed by atoms with van der Waals surface area (Å²) in [6.07, 6.45) is 1.72. The van der Waals surface area contributed by atoms with Crippen molar-refractivity contribution < 1.29 is 14.3 Å². The van der Waals surface area contributed by atoms with Crippen LogP contribution < -0.4 is 15.4 Å².